The Morgan fingerprint density at radius 2 is 2.23 bits per heavy atom. The van der Waals surface area contributed by atoms with Crippen molar-refractivity contribution in [2.24, 2.45) is 0 Å². The molecule has 0 spiro atoms. The molecule has 0 bridgehead atoms. The van der Waals surface area contributed by atoms with Crippen LogP contribution < -0.4 is 15.8 Å². The normalized spacial score (nSPS) is 17.6. The lowest BCUT2D eigenvalue weighted by Crippen LogP contribution is -2.21. The Labute approximate surface area is 131 Å². The van der Waals surface area contributed by atoms with Gasteiger partial charge in [0.1, 0.15) is 18.1 Å². The van der Waals surface area contributed by atoms with Gasteiger partial charge in [-0.25, -0.2) is 4.98 Å². The van der Waals surface area contributed by atoms with E-state index in [9.17, 15) is 0 Å². The maximum atomic E-state index is 6.12. The zero-order valence-corrected chi connectivity index (χ0v) is 13.4. The first-order valence-electron chi connectivity index (χ1n) is 7.88. The molecule has 1 unspecified atom stereocenters. The van der Waals surface area contributed by atoms with Crippen LogP contribution in [-0.4, -0.2) is 49.5 Å². The maximum Gasteiger partial charge on any atom is 0.242 e. The molecule has 0 aromatic carbocycles. The number of ether oxygens (including phenoxy) is 3. The summed E-state index contributed by atoms with van der Waals surface area (Å²) in [7, 11) is 1.63. The Morgan fingerprint density at radius 3 is 2.91 bits per heavy atom. The summed E-state index contributed by atoms with van der Waals surface area (Å²) < 4.78 is 16.2. The first-order valence-corrected chi connectivity index (χ1v) is 7.88. The third-order valence-corrected chi connectivity index (χ3v) is 3.48. The molecule has 2 heterocycles. The number of rotatable bonds is 9. The second-order valence-corrected chi connectivity index (χ2v) is 5.31. The highest BCUT2D eigenvalue weighted by Crippen LogP contribution is 2.27. The second kappa shape index (κ2) is 8.75. The van der Waals surface area contributed by atoms with Gasteiger partial charge in [-0.05, 0) is 19.3 Å². The minimum absolute atomic E-state index is 0.224. The molecular formula is C15H26N4O3. The van der Waals surface area contributed by atoms with Crippen LogP contribution >= 0.6 is 0 Å². The molecule has 124 valence electrons. The number of nitrogens with zero attached hydrogens (tertiary/aromatic N) is 2. The van der Waals surface area contributed by atoms with Crippen LogP contribution in [0.3, 0.4) is 0 Å². The number of hydrogen-bond acceptors (Lipinski definition) is 7. The number of aryl methyl sites for hydroxylation is 1. The van der Waals surface area contributed by atoms with Gasteiger partial charge < -0.3 is 25.3 Å². The van der Waals surface area contributed by atoms with E-state index in [1.54, 1.807) is 7.11 Å². The fourth-order valence-corrected chi connectivity index (χ4v) is 2.31. The summed E-state index contributed by atoms with van der Waals surface area (Å²) in [5, 5.41) is 3.27. The molecule has 22 heavy (non-hydrogen) atoms. The van der Waals surface area contributed by atoms with Crippen LogP contribution in [0.2, 0.25) is 0 Å². The molecule has 1 atom stereocenters. The molecular weight excluding hydrogens is 284 g/mol. The van der Waals surface area contributed by atoms with Crippen molar-refractivity contribution in [3.05, 3.63) is 5.82 Å². The summed E-state index contributed by atoms with van der Waals surface area (Å²) in [4.78, 5) is 8.89. The summed E-state index contributed by atoms with van der Waals surface area (Å²) in [6.07, 6.45) is 4.15. The summed E-state index contributed by atoms with van der Waals surface area (Å²) in [5.41, 5.74) is 6.56. The second-order valence-electron chi connectivity index (χ2n) is 5.31. The van der Waals surface area contributed by atoms with Crippen LogP contribution in [0, 0.1) is 0 Å². The predicted molar refractivity (Wildman–Crippen MR) is 85.3 cm³/mol. The smallest absolute Gasteiger partial charge is 0.242 e. The lowest BCUT2D eigenvalue weighted by molar-refractivity contribution is 0.120. The largest absolute Gasteiger partial charge is 0.474 e. The lowest BCUT2D eigenvalue weighted by Gasteiger charge is -2.16. The highest BCUT2D eigenvalue weighted by atomic mass is 16.5. The number of nitrogens with two attached hydrogens (primary N) is 1. The van der Waals surface area contributed by atoms with Gasteiger partial charge in [0.15, 0.2) is 5.82 Å². The van der Waals surface area contributed by atoms with E-state index in [0.29, 0.717) is 37.1 Å². The van der Waals surface area contributed by atoms with E-state index in [0.717, 1.165) is 38.1 Å². The molecule has 0 amide bonds. The van der Waals surface area contributed by atoms with Crippen LogP contribution in [0.5, 0.6) is 5.88 Å². The molecule has 1 aromatic heterocycles. The van der Waals surface area contributed by atoms with Gasteiger partial charge >= 0.3 is 0 Å². The number of nitrogen functional groups attached to an aromatic ring is 1. The van der Waals surface area contributed by atoms with Crippen molar-refractivity contribution in [2.75, 3.05) is 44.5 Å². The molecule has 7 nitrogen and oxygen atoms in total. The van der Waals surface area contributed by atoms with E-state index < -0.39 is 0 Å². The van der Waals surface area contributed by atoms with Crippen LogP contribution in [0.15, 0.2) is 0 Å². The van der Waals surface area contributed by atoms with E-state index in [-0.39, 0.29) is 6.10 Å². The highest BCUT2D eigenvalue weighted by Gasteiger charge is 2.18. The zero-order valence-electron chi connectivity index (χ0n) is 13.4. The van der Waals surface area contributed by atoms with Crippen LogP contribution in [0.1, 0.15) is 32.0 Å². The maximum absolute atomic E-state index is 6.12. The number of nitrogens with one attached hydrogen (secondary N) is 1. The minimum atomic E-state index is 0.224. The van der Waals surface area contributed by atoms with Crippen molar-refractivity contribution in [2.45, 2.75) is 38.7 Å². The third kappa shape index (κ3) is 4.71. The van der Waals surface area contributed by atoms with Gasteiger partial charge in [0.05, 0.1) is 12.7 Å². The fraction of sp³-hybridized carbons (Fsp3) is 0.733. The molecule has 0 radical (unpaired) electrons. The first-order chi connectivity index (χ1) is 10.7. The third-order valence-electron chi connectivity index (χ3n) is 3.48. The molecule has 0 saturated carbocycles. The molecule has 2 rings (SSSR count). The topological polar surface area (TPSA) is 91.5 Å². The van der Waals surface area contributed by atoms with Crippen molar-refractivity contribution in [1.29, 1.82) is 0 Å². The van der Waals surface area contributed by atoms with Crippen molar-refractivity contribution in [1.82, 2.24) is 9.97 Å². The quantitative estimate of drug-likeness (QED) is 0.670. The van der Waals surface area contributed by atoms with E-state index in [2.05, 4.69) is 22.2 Å². The lowest BCUT2D eigenvalue weighted by atomic mass is 10.2. The number of aromatic nitrogens is 2. The van der Waals surface area contributed by atoms with Crippen LogP contribution in [0.25, 0.3) is 0 Å². The molecule has 7 heteroatoms. The number of methoxy groups -OCH3 is 1. The molecule has 3 N–H and O–H groups in total. The van der Waals surface area contributed by atoms with Crippen LogP contribution in [-0.2, 0) is 15.9 Å². The van der Waals surface area contributed by atoms with Crippen molar-refractivity contribution < 1.29 is 14.2 Å². The Hall–Kier alpha value is -1.60. The predicted octanol–water partition coefficient (Wildman–Crippen LogP) is 1.63. The minimum Gasteiger partial charge on any atom is -0.474 e. The number of hydrogen-bond donors (Lipinski definition) is 2. The number of anilines is 2. The monoisotopic (exact) mass is 310 g/mol. The summed E-state index contributed by atoms with van der Waals surface area (Å²) in [5.74, 6) is 1.78. The van der Waals surface area contributed by atoms with E-state index in [1.807, 2.05) is 0 Å². The Morgan fingerprint density at radius 1 is 1.36 bits per heavy atom. The Bertz CT molecular complexity index is 464. The fourth-order valence-electron chi connectivity index (χ4n) is 2.31. The van der Waals surface area contributed by atoms with Gasteiger partial charge in [0.25, 0.3) is 0 Å². The van der Waals surface area contributed by atoms with Gasteiger partial charge in [0, 0.05) is 26.7 Å². The molecule has 1 aromatic rings. The van der Waals surface area contributed by atoms with E-state index >= 15 is 0 Å². The summed E-state index contributed by atoms with van der Waals surface area (Å²) >= 11 is 0. The Balaban J connectivity index is 2.07. The molecule has 1 aliphatic rings. The van der Waals surface area contributed by atoms with Crippen molar-refractivity contribution in [3.63, 3.8) is 0 Å². The van der Waals surface area contributed by atoms with Gasteiger partial charge in [-0.2, -0.15) is 4.98 Å². The van der Waals surface area contributed by atoms with E-state index in [1.165, 1.54) is 0 Å². The molecule has 1 fully saturated rings. The van der Waals surface area contributed by atoms with Gasteiger partial charge in [-0.3, -0.25) is 0 Å². The van der Waals surface area contributed by atoms with Gasteiger partial charge in [0.2, 0.25) is 5.88 Å². The first kappa shape index (κ1) is 16.8. The standard InChI is InChI=1S/C15H26N4O3/c1-3-5-12-18-14(17-10-11-6-4-7-21-11)13(16)15(19-12)22-9-8-20-2/h11H,3-10,16H2,1-2H3,(H,17,18,19). The highest BCUT2D eigenvalue weighted by molar-refractivity contribution is 5.67. The molecule has 0 aliphatic carbocycles. The average Bonchev–Trinajstić information content (AvgIpc) is 3.02. The SMILES string of the molecule is CCCc1nc(NCC2CCCO2)c(N)c(OCCOC)n1. The van der Waals surface area contributed by atoms with Crippen LogP contribution in [0.4, 0.5) is 11.5 Å². The summed E-state index contributed by atoms with van der Waals surface area (Å²) in [6.45, 7) is 4.52. The van der Waals surface area contributed by atoms with Crippen molar-refractivity contribution in [3.8, 4) is 5.88 Å². The summed E-state index contributed by atoms with van der Waals surface area (Å²) in [6, 6.07) is 0. The van der Waals surface area contributed by atoms with Gasteiger partial charge in [-0.1, -0.05) is 6.92 Å². The van der Waals surface area contributed by atoms with E-state index in [4.69, 9.17) is 19.9 Å². The average molecular weight is 310 g/mol. The molecule has 1 aliphatic heterocycles. The van der Waals surface area contributed by atoms with Gasteiger partial charge in [-0.15, -0.1) is 0 Å². The Kier molecular flexibility index (Phi) is 6.67. The van der Waals surface area contributed by atoms with Crippen molar-refractivity contribution >= 4 is 11.5 Å². The zero-order chi connectivity index (χ0) is 15.8. The molecule has 1 saturated heterocycles.